The minimum absolute atomic E-state index is 0.0495. The molecule has 0 saturated carbocycles. The van der Waals surface area contributed by atoms with Crippen molar-refractivity contribution in [2.75, 3.05) is 25.1 Å². The van der Waals surface area contributed by atoms with Gasteiger partial charge in [-0.05, 0) is 24.3 Å². The second-order valence-electron chi connectivity index (χ2n) is 4.55. The summed E-state index contributed by atoms with van der Waals surface area (Å²) in [6.45, 7) is 1.78. The lowest BCUT2D eigenvalue weighted by atomic mass is 10.2. The Morgan fingerprint density at radius 2 is 2.10 bits per heavy atom. The van der Waals surface area contributed by atoms with Gasteiger partial charge in [0.1, 0.15) is 5.75 Å². The van der Waals surface area contributed by atoms with Gasteiger partial charge in [-0.15, -0.1) is 13.2 Å². The van der Waals surface area contributed by atoms with Crippen molar-refractivity contribution >= 4 is 11.6 Å². The van der Waals surface area contributed by atoms with Gasteiger partial charge in [0.25, 0.3) is 0 Å². The highest BCUT2D eigenvalue weighted by Gasteiger charge is 2.30. The van der Waals surface area contributed by atoms with E-state index in [1.807, 2.05) is 0 Å². The standard InChI is InChI=1S/C13H15F3N2O3/c14-13(15,16)21-11-3-1-9(2-4-11)18-12(19)7-10-8-20-6-5-17-10/h1-4,10,17H,5-8H2,(H,18,19). The van der Waals surface area contributed by atoms with Crippen LogP contribution in [0.15, 0.2) is 24.3 Å². The van der Waals surface area contributed by atoms with E-state index in [9.17, 15) is 18.0 Å². The Hall–Kier alpha value is -1.80. The zero-order chi connectivity index (χ0) is 15.3. The van der Waals surface area contributed by atoms with Crippen molar-refractivity contribution in [2.45, 2.75) is 18.8 Å². The highest BCUT2D eigenvalue weighted by molar-refractivity contribution is 5.91. The lowest BCUT2D eigenvalue weighted by Gasteiger charge is -2.23. The number of ether oxygens (including phenoxy) is 2. The van der Waals surface area contributed by atoms with E-state index in [4.69, 9.17) is 4.74 Å². The van der Waals surface area contributed by atoms with Crippen molar-refractivity contribution in [1.29, 1.82) is 0 Å². The van der Waals surface area contributed by atoms with Crippen molar-refractivity contribution in [3.63, 3.8) is 0 Å². The summed E-state index contributed by atoms with van der Waals surface area (Å²) in [6, 6.07) is 4.94. The quantitative estimate of drug-likeness (QED) is 0.892. The maximum Gasteiger partial charge on any atom is 0.573 e. The fraction of sp³-hybridized carbons (Fsp3) is 0.462. The number of carbonyl (C=O) groups excluding carboxylic acids is 1. The molecule has 1 saturated heterocycles. The molecule has 1 atom stereocenters. The smallest absolute Gasteiger partial charge is 0.406 e. The third-order valence-corrected chi connectivity index (χ3v) is 2.80. The highest BCUT2D eigenvalue weighted by atomic mass is 19.4. The molecule has 21 heavy (non-hydrogen) atoms. The zero-order valence-corrected chi connectivity index (χ0v) is 11.1. The molecule has 8 heteroatoms. The SMILES string of the molecule is O=C(CC1COCCN1)Nc1ccc(OC(F)(F)F)cc1. The van der Waals surface area contributed by atoms with Crippen molar-refractivity contribution in [3.05, 3.63) is 24.3 Å². The van der Waals surface area contributed by atoms with E-state index >= 15 is 0 Å². The number of benzene rings is 1. The molecule has 1 aliphatic heterocycles. The number of amides is 1. The minimum Gasteiger partial charge on any atom is -0.406 e. The summed E-state index contributed by atoms with van der Waals surface area (Å²) in [5.74, 6) is -0.565. The average molecular weight is 304 g/mol. The fourth-order valence-electron chi connectivity index (χ4n) is 1.93. The number of carbonyl (C=O) groups is 1. The van der Waals surface area contributed by atoms with E-state index in [0.29, 0.717) is 25.4 Å². The van der Waals surface area contributed by atoms with Crippen LogP contribution in [0.2, 0.25) is 0 Å². The normalized spacial score (nSPS) is 19.1. The molecule has 1 heterocycles. The van der Waals surface area contributed by atoms with Gasteiger partial charge < -0.3 is 20.1 Å². The first-order chi connectivity index (χ1) is 9.92. The van der Waals surface area contributed by atoms with Crippen molar-refractivity contribution < 1.29 is 27.4 Å². The van der Waals surface area contributed by atoms with E-state index in [0.717, 1.165) is 12.1 Å². The van der Waals surface area contributed by atoms with Crippen LogP contribution in [0.25, 0.3) is 0 Å². The predicted molar refractivity (Wildman–Crippen MR) is 69.0 cm³/mol. The molecule has 1 fully saturated rings. The Bertz CT molecular complexity index is 471. The lowest BCUT2D eigenvalue weighted by Crippen LogP contribution is -2.43. The molecular formula is C13H15F3N2O3. The Labute approximate surface area is 119 Å². The van der Waals surface area contributed by atoms with Crippen molar-refractivity contribution in [3.8, 4) is 5.75 Å². The fourth-order valence-corrected chi connectivity index (χ4v) is 1.93. The third kappa shape index (κ3) is 5.60. The Morgan fingerprint density at radius 1 is 1.38 bits per heavy atom. The van der Waals surface area contributed by atoms with Gasteiger partial charge in [0, 0.05) is 24.7 Å². The molecule has 0 radical (unpaired) electrons. The van der Waals surface area contributed by atoms with E-state index in [1.54, 1.807) is 0 Å². The summed E-state index contributed by atoms with van der Waals surface area (Å²) in [7, 11) is 0. The van der Waals surface area contributed by atoms with Crippen LogP contribution in [0.4, 0.5) is 18.9 Å². The van der Waals surface area contributed by atoms with Crippen LogP contribution in [0.5, 0.6) is 5.75 Å². The van der Waals surface area contributed by atoms with Gasteiger partial charge in [0.15, 0.2) is 0 Å². The molecule has 0 bridgehead atoms. The number of anilines is 1. The molecule has 0 aromatic heterocycles. The number of halogens is 3. The van der Waals surface area contributed by atoms with E-state index < -0.39 is 6.36 Å². The Balaban J connectivity index is 1.83. The van der Waals surface area contributed by atoms with E-state index in [-0.39, 0.29) is 24.1 Å². The molecule has 1 aromatic carbocycles. The van der Waals surface area contributed by atoms with Crippen LogP contribution in [-0.2, 0) is 9.53 Å². The third-order valence-electron chi connectivity index (χ3n) is 2.80. The lowest BCUT2D eigenvalue weighted by molar-refractivity contribution is -0.274. The molecule has 0 aliphatic carbocycles. The first-order valence-electron chi connectivity index (χ1n) is 6.39. The van der Waals surface area contributed by atoms with Crippen LogP contribution < -0.4 is 15.4 Å². The maximum atomic E-state index is 12.0. The first-order valence-corrected chi connectivity index (χ1v) is 6.39. The highest BCUT2D eigenvalue weighted by Crippen LogP contribution is 2.24. The molecular weight excluding hydrogens is 289 g/mol. The summed E-state index contributed by atoms with van der Waals surface area (Å²) in [5, 5.41) is 5.75. The number of rotatable bonds is 4. The molecule has 2 N–H and O–H groups in total. The number of hydrogen-bond donors (Lipinski definition) is 2. The van der Waals surface area contributed by atoms with Crippen LogP contribution in [0.1, 0.15) is 6.42 Å². The van der Waals surface area contributed by atoms with Crippen molar-refractivity contribution in [2.24, 2.45) is 0 Å². The van der Waals surface area contributed by atoms with Gasteiger partial charge in [0.05, 0.1) is 13.2 Å². The number of nitrogens with one attached hydrogen (secondary N) is 2. The summed E-state index contributed by atoms with van der Waals surface area (Å²) in [5.41, 5.74) is 0.409. The van der Waals surface area contributed by atoms with Crippen LogP contribution in [0, 0.1) is 0 Å². The molecule has 1 aromatic rings. The number of morpholine rings is 1. The van der Waals surface area contributed by atoms with Crippen LogP contribution in [-0.4, -0.2) is 38.1 Å². The second-order valence-corrected chi connectivity index (χ2v) is 4.55. The van der Waals surface area contributed by atoms with Gasteiger partial charge in [-0.25, -0.2) is 0 Å². The number of alkyl halides is 3. The second kappa shape index (κ2) is 6.77. The summed E-state index contributed by atoms with van der Waals surface area (Å²) in [6.07, 6.45) is -4.49. The van der Waals surface area contributed by atoms with Gasteiger partial charge in [-0.1, -0.05) is 0 Å². The summed E-state index contributed by atoms with van der Waals surface area (Å²) >= 11 is 0. The average Bonchev–Trinajstić information content (AvgIpc) is 2.40. The van der Waals surface area contributed by atoms with Gasteiger partial charge in [-0.3, -0.25) is 4.79 Å². The van der Waals surface area contributed by atoms with Crippen LogP contribution >= 0.6 is 0 Å². The molecule has 5 nitrogen and oxygen atoms in total. The Morgan fingerprint density at radius 3 is 2.67 bits per heavy atom. The van der Waals surface area contributed by atoms with E-state index in [2.05, 4.69) is 15.4 Å². The summed E-state index contributed by atoms with van der Waals surface area (Å²) in [4.78, 5) is 11.8. The number of hydrogen-bond acceptors (Lipinski definition) is 4. The molecule has 1 aliphatic rings. The Kier molecular flexibility index (Phi) is 5.03. The molecule has 1 amide bonds. The predicted octanol–water partition coefficient (Wildman–Crippen LogP) is 1.90. The van der Waals surface area contributed by atoms with Gasteiger partial charge in [-0.2, -0.15) is 0 Å². The van der Waals surface area contributed by atoms with E-state index in [1.165, 1.54) is 12.1 Å². The largest absolute Gasteiger partial charge is 0.573 e. The topological polar surface area (TPSA) is 59.6 Å². The minimum atomic E-state index is -4.72. The van der Waals surface area contributed by atoms with Crippen molar-refractivity contribution in [1.82, 2.24) is 5.32 Å². The maximum absolute atomic E-state index is 12.0. The van der Waals surface area contributed by atoms with Crippen LogP contribution in [0.3, 0.4) is 0 Å². The summed E-state index contributed by atoms with van der Waals surface area (Å²) < 4.78 is 45.0. The van der Waals surface area contributed by atoms with Gasteiger partial charge in [0.2, 0.25) is 5.91 Å². The molecule has 2 rings (SSSR count). The first kappa shape index (κ1) is 15.6. The molecule has 0 spiro atoms. The molecule has 1 unspecified atom stereocenters. The van der Waals surface area contributed by atoms with Gasteiger partial charge >= 0.3 is 6.36 Å². The zero-order valence-electron chi connectivity index (χ0n) is 11.1. The monoisotopic (exact) mass is 304 g/mol. The molecule has 116 valence electrons.